The van der Waals surface area contributed by atoms with E-state index >= 15 is 0 Å². The van der Waals surface area contributed by atoms with Gasteiger partial charge in [0.2, 0.25) is 0 Å². The van der Waals surface area contributed by atoms with Crippen molar-refractivity contribution in [2.24, 2.45) is 0 Å². The molecule has 1 saturated heterocycles. The molecule has 0 aliphatic carbocycles. The molecule has 6 nitrogen and oxygen atoms in total. The summed E-state index contributed by atoms with van der Waals surface area (Å²) in [4.78, 5) is 10.4. The summed E-state index contributed by atoms with van der Waals surface area (Å²) in [6.45, 7) is 3.75. The van der Waals surface area contributed by atoms with Gasteiger partial charge >= 0.3 is 0 Å². The maximum Gasteiger partial charge on any atom is 0.159 e. The fraction of sp³-hybridized carbons (Fsp3) is 0.300. The molecular weight excluding hydrogens is 326 g/mol. The van der Waals surface area contributed by atoms with E-state index in [2.05, 4.69) is 51.3 Å². The summed E-state index contributed by atoms with van der Waals surface area (Å²) in [6.07, 6.45) is 1.67. The minimum Gasteiger partial charge on any atom is -0.391 e. The molecule has 3 heterocycles. The highest BCUT2D eigenvalue weighted by atomic mass is 16.3. The molecule has 0 radical (unpaired) electrons. The van der Waals surface area contributed by atoms with Crippen molar-refractivity contribution in [3.63, 3.8) is 0 Å². The largest absolute Gasteiger partial charge is 0.391 e. The van der Waals surface area contributed by atoms with E-state index in [0.717, 1.165) is 58.5 Å². The summed E-state index contributed by atoms with van der Waals surface area (Å²) in [5.41, 5.74) is 6.08. The third kappa shape index (κ3) is 2.54. The Labute approximate surface area is 150 Å². The molecular formula is C20H21N5O. The van der Waals surface area contributed by atoms with E-state index in [4.69, 9.17) is 4.98 Å². The lowest BCUT2D eigenvalue weighted by Crippen LogP contribution is -2.38. The van der Waals surface area contributed by atoms with Crippen LogP contribution in [0.5, 0.6) is 0 Å². The second kappa shape index (κ2) is 5.85. The number of hydrogen-bond acceptors (Lipinski definition) is 4. The molecule has 3 N–H and O–H groups in total. The van der Waals surface area contributed by atoms with Crippen LogP contribution in [0.15, 0.2) is 36.4 Å². The number of hydrogen-bond donors (Lipinski definition) is 3. The van der Waals surface area contributed by atoms with Gasteiger partial charge in [0, 0.05) is 24.2 Å². The zero-order valence-electron chi connectivity index (χ0n) is 14.7. The van der Waals surface area contributed by atoms with Crippen LogP contribution in [0.4, 0.5) is 5.69 Å². The molecule has 1 atom stereocenters. The Bertz CT molecular complexity index is 1100. The number of aliphatic hydroxyl groups excluding tert-OH is 1. The number of nitrogens with zero attached hydrogens (tertiary/aromatic N) is 3. The molecule has 2 aromatic carbocycles. The molecule has 0 spiro atoms. The molecule has 0 bridgehead atoms. The van der Waals surface area contributed by atoms with Crippen molar-refractivity contribution in [2.75, 3.05) is 18.0 Å². The monoisotopic (exact) mass is 347 g/mol. The van der Waals surface area contributed by atoms with E-state index < -0.39 is 0 Å². The van der Waals surface area contributed by atoms with Gasteiger partial charge in [-0.3, -0.25) is 5.10 Å². The fourth-order valence-electron chi connectivity index (χ4n) is 3.80. The predicted octanol–water partition coefficient (Wildman–Crippen LogP) is 3.38. The summed E-state index contributed by atoms with van der Waals surface area (Å²) < 4.78 is 0. The standard InChI is InChI=1S/C20H21N5O/c1-12-4-6-16-15(9-12)19(24-23-16)20-21-17-7-5-13(10-18(17)22-20)25-8-2-3-14(26)11-25/h4-7,9-10,14,26H,2-3,8,11H2,1H3,(H,21,22)(H,23,24). The highest BCUT2D eigenvalue weighted by Gasteiger charge is 2.19. The van der Waals surface area contributed by atoms with E-state index in [9.17, 15) is 5.11 Å². The van der Waals surface area contributed by atoms with Gasteiger partial charge in [0.15, 0.2) is 5.82 Å². The topological polar surface area (TPSA) is 80.8 Å². The van der Waals surface area contributed by atoms with Gasteiger partial charge < -0.3 is 15.0 Å². The number of fused-ring (bicyclic) bond motifs is 2. The van der Waals surface area contributed by atoms with Crippen LogP contribution in [0.25, 0.3) is 33.5 Å². The number of aliphatic hydroxyl groups is 1. The summed E-state index contributed by atoms with van der Waals surface area (Å²) in [5.74, 6) is 0.771. The number of benzene rings is 2. The minimum absolute atomic E-state index is 0.240. The second-order valence-electron chi connectivity index (χ2n) is 7.15. The first-order chi connectivity index (χ1) is 12.7. The van der Waals surface area contributed by atoms with E-state index in [1.165, 1.54) is 5.56 Å². The lowest BCUT2D eigenvalue weighted by Gasteiger charge is -2.31. The zero-order chi connectivity index (χ0) is 17.7. The summed E-state index contributed by atoms with van der Waals surface area (Å²) in [7, 11) is 0. The van der Waals surface area contributed by atoms with Crippen molar-refractivity contribution >= 4 is 27.6 Å². The van der Waals surface area contributed by atoms with Gasteiger partial charge in [-0.25, -0.2) is 4.98 Å². The number of piperidine rings is 1. The fourth-order valence-corrected chi connectivity index (χ4v) is 3.80. The lowest BCUT2D eigenvalue weighted by molar-refractivity contribution is 0.154. The first-order valence-electron chi connectivity index (χ1n) is 9.05. The SMILES string of the molecule is Cc1ccc2[nH]nc(-c3nc4ccc(N5CCCC(O)C5)cc4[nH]3)c2c1. The van der Waals surface area contributed by atoms with Crippen molar-refractivity contribution in [3.05, 3.63) is 42.0 Å². The molecule has 4 aromatic rings. The van der Waals surface area contributed by atoms with Gasteiger partial charge in [0.05, 0.1) is 22.7 Å². The number of aromatic nitrogens is 4. The van der Waals surface area contributed by atoms with Crippen molar-refractivity contribution in [2.45, 2.75) is 25.9 Å². The van der Waals surface area contributed by atoms with E-state index in [1.807, 2.05) is 12.1 Å². The summed E-state index contributed by atoms with van der Waals surface area (Å²) >= 11 is 0. The van der Waals surface area contributed by atoms with Crippen LogP contribution in [0.1, 0.15) is 18.4 Å². The molecule has 1 fully saturated rings. The highest BCUT2D eigenvalue weighted by molar-refractivity contribution is 5.93. The van der Waals surface area contributed by atoms with Gasteiger partial charge in [-0.1, -0.05) is 11.6 Å². The molecule has 5 rings (SSSR count). The number of anilines is 1. The quantitative estimate of drug-likeness (QED) is 0.519. The number of aromatic amines is 2. The van der Waals surface area contributed by atoms with Gasteiger partial charge in [-0.15, -0.1) is 0 Å². The lowest BCUT2D eigenvalue weighted by atomic mass is 10.1. The Hall–Kier alpha value is -2.86. The van der Waals surface area contributed by atoms with Crippen LogP contribution in [-0.2, 0) is 0 Å². The maximum absolute atomic E-state index is 9.93. The Kier molecular flexibility index (Phi) is 3.46. The van der Waals surface area contributed by atoms with Gasteiger partial charge in [-0.2, -0.15) is 5.10 Å². The highest BCUT2D eigenvalue weighted by Crippen LogP contribution is 2.29. The van der Waals surface area contributed by atoms with Crippen molar-refractivity contribution in [3.8, 4) is 11.5 Å². The number of H-pyrrole nitrogens is 2. The maximum atomic E-state index is 9.93. The zero-order valence-corrected chi connectivity index (χ0v) is 14.7. The van der Waals surface area contributed by atoms with Crippen molar-refractivity contribution < 1.29 is 5.11 Å². The van der Waals surface area contributed by atoms with Crippen molar-refractivity contribution in [1.29, 1.82) is 0 Å². The summed E-state index contributed by atoms with van der Waals surface area (Å²) in [6, 6.07) is 12.5. The normalized spacial score (nSPS) is 18.1. The first kappa shape index (κ1) is 15.4. The molecule has 132 valence electrons. The molecule has 1 aliphatic rings. The molecule has 0 amide bonds. The minimum atomic E-state index is -0.240. The number of nitrogens with one attached hydrogen (secondary N) is 2. The predicted molar refractivity (Wildman–Crippen MR) is 103 cm³/mol. The molecule has 0 saturated carbocycles. The third-order valence-electron chi connectivity index (χ3n) is 5.17. The van der Waals surface area contributed by atoms with Crippen LogP contribution in [-0.4, -0.2) is 44.5 Å². The molecule has 26 heavy (non-hydrogen) atoms. The van der Waals surface area contributed by atoms with Gasteiger partial charge in [0.25, 0.3) is 0 Å². The molecule has 6 heteroatoms. The molecule has 1 unspecified atom stereocenters. The van der Waals surface area contributed by atoms with Crippen LogP contribution < -0.4 is 4.90 Å². The first-order valence-corrected chi connectivity index (χ1v) is 9.05. The number of imidazole rings is 1. The average molecular weight is 347 g/mol. The summed E-state index contributed by atoms with van der Waals surface area (Å²) in [5, 5.41) is 18.5. The molecule has 1 aliphatic heterocycles. The average Bonchev–Trinajstić information content (AvgIpc) is 3.24. The Morgan fingerprint density at radius 2 is 2.08 bits per heavy atom. The van der Waals surface area contributed by atoms with E-state index in [0.29, 0.717) is 6.54 Å². The number of aryl methyl sites for hydroxylation is 1. The smallest absolute Gasteiger partial charge is 0.159 e. The second-order valence-corrected chi connectivity index (χ2v) is 7.15. The van der Waals surface area contributed by atoms with Crippen molar-refractivity contribution in [1.82, 2.24) is 20.2 Å². The Balaban J connectivity index is 1.56. The molecule has 2 aromatic heterocycles. The van der Waals surface area contributed by atoms with Crippen LogP contribution in [0, 0.1) is 6.92 Å². The van der Waals surface area contributed by atoms with Crippen LogP contribution in [0.2, 0.25) is 0 Å². The number of rotatable bonds is 2. The van der Waals surface area contributed by atoms with Gasteiger partial charge in [-0.05, 0) is 50.1 Å². The van der Waals surface area contributed by atoms with Crippen LogP contribution in [0.3, 0.4) is 0 Å². The Morgan fingerprint density at radius 1 is 1.15 bits per heavy atom. The van der Waals surface area contributed by atoms with Crippen LogP contribution >= 0.6 is 0 Å². The number of β-amino-alcohol motifs (C(OH)–C–C–N with tert-alkyl or cyclic N) is 1. The Morgan fingerprint density at radius 3 is 2.96 bits per heavy atom. The van der Waals surface area contributed by atoms with E-state index in [1.54, 1.807) is 0 Å². The third-order valence-corrected chi connectivity index (χ3v) is 5.17. The van der Waals surface area contributed by atoms with E-state index in [-0.39, 0.29) is 6.10 Å². The van der Waals surface area contributed by atoms with Gasteiger partial charge in [0.1, 0.15) is 5.69 Å².